The third kappa shape index (κ3) is 7.11. The number of imidazole rings is 1. The molecule has 0 saturated carbocycles. The standard InChI is InChI=1S/C40H39BN2OSi/c1-2-3-29-44-35-21-16-26-38(31-35)45(36-22-12-6-13-23-36,37-24-14-7-15-25-37)32-43-28-27-42-40(43)41-39(34-19-10-5-11-20-34)30-33-17-8-4-9-18-33/h4-28,30-31,41H,2-3,29,32H2,1H3. The average molecular weight is 603 g/mol. The Morgan fingerprint density at radius 3 is 1.98 bits per heavy atom. The summed E-state index contributed by atoms with van der Waals surface area (Å²) in [6, 6.07) is 52.3. The first-order valence-corrected chi connectivity index (χ1v) is 18.1. The van der Waals surface area contributed by atoms with Crippen molar-refractivity contribution in [3.63, 3.8) is 0 Å². The minimum absolute atomic E-state index is 0.722. The van der Waals surface area contributed by atoms with Crippen LogP contribution >= 0.6 is 0 Å². The zero-order chi connectivity index (χ0) is 30.7. The molecule has 0 N–H and O–H groups in total. The van der Waals surface area contributed by atoms with E-state index >= 15 is 0 Å². The van der Waals surface area contributed by atoms with Crippen LogP contribution in [0.5, 0.6) is 5.75 Å². The van der Waals surface area contributed by atoms with Crippen LogP contribution in [0.15, 0.2) is 158 Å². The second-order valence-electron chi connectivity index (χ2n) is 11.5. The SMILES string of the molecule is CCCCOc1cccc([Si](Cn2ccnc2BC(=Cc2ccccc2)c2ccccc2)(c2ccccc2)c2ccccc2)c1. The van der Waals surface area contributed by atoms with Crippen molar-refractivity contribution in [3.05, 3.63) is 169 Å². The minimum atomic E-state index is -2.62. The summed E-state index contributed by atoms with van der Waals surface area (Å²) in [7, 11) is -1.90. The monoisotopic (exact) mass is 602 g/mol. The molecule has 222 valence electrons. The molecule has 0 aliphatic rings. The van der Waals surface area contributed by atoms with Crippen LogP contribution in [0.3, 0.4) is 0 Å². The number of rotatable bonds is 13. The van der Waals surface area contributed by atoms with E-state index in [0.717, 1.165) is 44.4 Å². The van der Waals surface area contributed by atoms with E-state index in [-0.39, 0.29) is 0 Å². The quantitative estimate of drug-likeness (QED) is 0.0699. The van der Waals surface area contributed by atoms with Crippen molar-refractivity contribution in [3.8, 4) is 5.75 Å². The lowest BCUT2D eigenvalue weighted by Gasteiger charge is -2.35. The van der Waals surface area contributed by atoms with Crippen LogP contribution in [0.25, 0.3) is 11.5 Å². The van der Waals surface area contributed by atoms with E-state index < -0.39 is 8.07 Å². The Bertz CT molecular complexity index is 1770. The first-order chi connectivity index (χ1) is 22.3. The minimum Gasteiger partial charge on any atom is -0.494 e. The molecule has 0 amide bonds. The normalized spacial score (nSPS) is 11.7. The van der Waals surface area contributed by atoms with Gasteiger partial charge in [-0.05, 0) is 45.2 Å². The molecule has 0 fully saturated rings. The van der Waals surface area contributed by atoms with E-state index in [1.54, 1.807) is 0 Å². The number of ether oxygens (including phenoxy) is 1. The van der Waals surface area contributed by atoms with Crippen molar-refractivity contribution in [2.75, 3.05) is 6.61 Å². The Balaban J connectivity index is 1.47. The Labute approximate surface area is 269 Å². The van der Waals surface area contributed by atoms with E-state index in [9.17, 15) is 0 Å². The fraction of sp³-hybridized carbons (Fsp3) is 0.125. The van der Waals surface area contributed by atoms with Crippen LogP contribution in [0.2, 0.25) is 0 Å². The molecule has 0 saturated heterocycles. The van der Waals surface area contributed by atoms with E-state index in [4.69, 9.17) is 9.72 Å². The highest BCUT2D eigenvalue weighted by Crippen LogP contribution is 2.19. The van der Waals surface area contributed by atoms with Crippen molar-refractivity contribution in [2.45, 2.75) is 25.9 Å². The van der Waals surface area contributed by atoms with Gasteiger partial charge in [-0.3, -0.25) is 4.98 Å². The number of benzene rings is 5. The third-order valence-corrected chi connectivity index (χ3v) is 13.2. The van der Waals surface area contributed by atoms with Gasteiger partial charge in [-0.2, -0.15) is 0 Å². The van der Waals surface area contributed by atoms with E-state index in [1.807, 2.05) is 6.20 Å². The van der Waals surface area contributed by atoms with Crippen molar-refractivity contribution in [1.82, 2.24) is 9.55 Å². The van der Waals surface area contributed by atoms with Crippen molar-refractivity contribution in [2.24, 2.45) is 0 Å². The maximum Gasteiger partial charge on any atom is 0.239 e. The topological polar surface area (TPSA) is 27.1 Å². The summed E-state index contributed by atoms with van der Waals surface area (Å²) >= 11 is 0. The molecule has 5 aromatic carbocycles. The molecule has 6 aromatic rings. The first-order valence-electron chi connectivity index (χ1n) is 15.9. The lowest BCUT2D eigenvalue weighted by atomic mass is 9.65. The summed E-state index contributed by atoms with van der Waals surface area (Å²) in [5, 5.41) is 4.06. The number of hydrogen-bond acceptors (Lipinski definition) is 2. The average Bonchev–Trinajstić information content (AvgIpc) is 3.55. The Kier molecular flexibility index (Phi) is 9.88. The molecule has 45 heavy (non-hydrogen) atoms. The Hall–Kier alpha value is -4.87. The molecule has 5 heteroatoms. The van der Waals surface area contributed by atoms with E-state index in [2.05, 4.69) is 169 Å². The fourth-order valence-corrected chi connectivity index (χ4v) is 10.8. The highest BCUT2D eigenvalue weighted by Gasteiger charge is 2.40. The van der Waals surface area contributed by atoms with Gasteiger partial charge < -0.3 is 9.30 Å². The molecule has 0 aliphatic carbocycles. The van der Waals surface area contributed by atoms with Crippen LogP contribution in [-0.4, -0.2) is 31.5 Å². The molecule has 1 aromatic heterocycles. The predicted molar refractivity (Wildman–Crippen MR) is 194 cm³/mol. The van der Waals surface area contributed by atoms with Gasteiger partial charge in [0.15, 0.2) is 8.07 Å². The van der Waals surface area contributed by atoms with Gasteiger partial charge in [0.2, 0.25) is 7.28 Å². The first kappa shape index (κ1) is 30.2. The molecule has 6 rings (SSSR count). The second kappa shape index (κ2) is 14.7. The highest BCUT2D eigenvalue weighted by atomic mass is 28.3. The predicted octanol–water partition coefficient (Wildman–Crippen LogP) is 6.03. The zero-order valence-corrected chi connectivity index (χ0v) is 26.9. The number of aromatic nitrogens is 2. The van der Waals surface area contributed by atoms with Crippen molar-refractivity contribution in [1.29, 1.82) is 0 Å². The molecular weight excluding hydrogens is 563 g/mol. The lowest BCUT2D eigenvalue weighted by molar-refractivity contribution is 0.309. The number of unbranched alkanes of at least 4 members (excludes halogenated alkanes) is 1. The summed E-state index contributed by atoms with van der Waals surface area (Å²) in [6.45, 7) is 2.93. The molecule has 0 unspecified atom stereocenters. The highest BCUT2D eigenvalue weighted by molar-refractivity contribution is 7.10. The molecule has 0 aliphatic heterocycles. The number of hydrogen-bond donors (Lipinski definition) is 0. The van der Waals surface area contributed by atoms with Gasteiger partial charge in [0, 0.05) is 18.6 Å². The summed E-state index contributed by atoms with van der Waals surface area (Å²) in [6.07, 6.45) is 9.39. The molecule has 0 bridgehead atoms. The number of nitrogens with zero attached hydrogens (tertiary/aromatic N) is 2. The summed E-state index contributed by atoms with van der Waals surface area (Å²) in [5.41, 5.74) is 4.70. The van der Waals surface area contributed by atoms with Crippen LogP contribution in [0, 0.1) is 0 Å². The van der Waals surface area contributed by atoms with Gasteiger partial charge >= 0.3 is 0 Å². The van der Waals surface area contributed by atoms with Crippen LogP contribution in [0.1, 0.15) is 30.9 Å². The van der Waals surface area contributed by atoms with E-state index in [0.29, 0.717) is 0 Å². The van der Waals surface area contributed by atoms with Crippen molar-refractivity contribution < 1.29 is 4.74 Å². The molecule has 0 radical (unpaired) electrons. The molecular formula is C40H39BN2OSi. The van der Waals surface area contributed by atoms with Gasteiger partial charge in [0.25, 0.3) is 0 Å². The zero-order valence-electron chi connectivity index (χ0n) is 25.9. The molecule has 3 nitrogen and oxygen atoms in total. The van der Waals surface area contributed by atoms with Crippen LogP contribution in [0.4, 0.5) is 0 Å². The van der Waals surface area contributed by atoms with Gasteiger partial charge in [-0.1, -0.05) is 158 Å². The Morgan fingerprint density at radius 1 is 0.733 bits per heavy atom. The molecule has 0 spiro atoms. The fourth-order valence-electron chi connectivity index (χ4n) is 6.12. The second-order valence-corrected chi connectivity index (χ2v) is 15.3. The Morgan fingerprint density at radius 2 is 1.33 bits per heavy atom. The summed E-state index contributed by atoms with van der Waals surface area (Å²) in [5.74, 6) is 0.938. The third-order valence-electron chi connectivity index (χ3n) is 8.47. The lowest BCUT2D eigenvalue weighted by Crippen LogP contribution is -2.70. The van der Waals surface area contributed by atoms with Gasteiger partial charge in [0.05, 0.1) is 12.3 Å². The van der Waals surface area contributed by atoms with Crippen LogP contribution < -0.4 is 26.0 Å². The van der Waals surface area contributed by atoms with Gasteiger partial charge in [0.1, 0.15) is 5.75 Å². The summed E-state index contributed by atoms with van der Waals surface area (Å²) in [4.78, 5) is 4.98. The molecule has 1 heterocycles. The van der Waals surface area contributed by atoms with E-state index in [1.165, 1.54) is 32.2 Å². The smallest absolute Gasteiger partial charge is 0.239 e. The summed E-state index contributed by atoms with van der Waals surface area (Å²) < 4.78 is 8.67. The van der Waals surface area contributed by atoms with Crippen LogP contribution in [-0.2, 0) is 6.17 Å². The van der Waals surface area contributed by atoms with Gasteiger partial charge in [-0.25, -0.2) is 0 Å². The van der Waals surface area contributed by atoms with Crippen molar-refractivity contribution >= 4 is 48.2 Å². The maximum absolute atomic E-state index is 6.27. The largest absolute Gasteiger partial charge is 0.494 e. The maximum atomic E-state index is 6.27. The van der Waals surface area contributed by atoms with Gasteiger partial charge in [-0.15, -0.1) is 0 Å². The molecule has 0 atom stereocenters.